The maximum absolute atomic E-state index is 5.91. The van der Waals surface area contributed by atoms with Crippen LogP contribution in [0.2, 0.25) is 0 Å². The normalized spacial score (nSPS) is 11.5. The fourth-order valence-corrected chi connectivity index (χ4v) is 2.67. The van der Waals surface area contributed by atoms with E-state index in [-0.39, 0.29) is 0 Å². The second-order valence-electron chi connectivity index (χ2n) is 6.56. The molecule has 7 heteroatoms. The van der Waals surface area contributed by atoms with Gasteiger partial charge in [-0.05, 0) is 44.9 Å². The van der Waals surface area contributed by atoms with E-state index in [1.807, 2.05) is 30.9 Å². The first kappa shape index (κ1) is 21.8. The summed E-state index contributed by atoms with van der Waals surface area (Å²) in [6.45, 7) is 12.8. The van der Waals surface area contributed by atoms with Crippen LogP contribution in [0, 0.1) is 13.8 Å². The molecule has 1 aromatic heterocycles. The summed E-state index contributed by atoms with van der Waals surface area (Å²) in [4.78, 5) is 4.71. The second kappa shape index (κ2) is 12.0. The summed E-state index contributed by atoms with van der Waals surface area (Å²) < 4.78 is 13.2. The van der Waals surface area contributed by atoms with Crippen LogP contribution in [0.25, 0.3) is 0 Å². The molecule has 0 saturated carbocycles. The lowest BCUT2D eigenvalue weighted by Crippen LogP contribution is -2.38. The van der Waals surface area contributed by atoms with E-state index in [9.17, 15) is 0 Å². The number of aryl methyl sites for hydroxylation is 2. The third-order valence-corrected chi connectivity index (χ3v) is 4.06. The zero-order chi connectivity index (χ0) is 20.2. The molecule has 154 valence electrons. The van der Waals surface area contributed by atoms with Gasteiger partial charge in [0.25, 0.3) is 0 Å². The van der Waals surface area contributed by atoms with Crippen LogP contribution in [0.3, 0.4) is 0 Å². The van der Waals surface area contributed by atoms with Gasteiger partial charge in [-0.15, -0.1) is 0 Å². The van der Waals surface area contributed by atoms with Crippen molar-refractivity contribution in [1.82, 2.24) is 20.4 Å². The highest BCUT2D eigenvalue weighted by atomic mass is 16.5. The minimum absolute atomic E-state index is 0.537. The topological polar surface area (TPSA) is 72.7 Å². The molecule has 0 spiro atoms. The van der Waals surface area contributed by atoms with Crippen molar-refractivity contribution in [3.63, 3.8) is 0 Å². The highest BCUT2D eigenvalue weighted by Crippen LogP contribution is 2.21. The van der Waals surface area contributed by atoms with Gasteiger partial charge in [-0.1, -0.05) is 12.1 Å². The molecule has 1 heterocycles. The number of ether oxygens (including phenoxy) is 2. The Morgan fingerprint density at radius 2 is 2.00 bits per heavy atom. The summed E-state index contributed by atoms with van der Waals surface area (Å²) in [7, 11) is 0. The lowest BCUT2D eigenvalue weighted by molar-refractivity contribution is 0.110. The minimum atomic E-state index is 0.537. The SMILES string of the molecule is CCNC(=NCc1ccc(C)cc1OCCOCC)NCCn1cc(C)cn1. The minimum Gasteiger partial charge on any atom is -0.491 e. The molecule has 2 rings (SSSR count). The molecule has 0 radical (unpaired) electrons. The van der Waals surface area contributed by atoms with Gasteiger partial charge in [0, 0.05) is 31.5 Å². The molecule has 0 aliphatic rings. The lowest BCUT2D eigenvalue weighted by atomic mass is 10.1. The molecule has 0 saturated heterocycles. The number of aliphatic imine (C=N–C) groups is 1. The first-order valence-electron chi connectivity index (χ1n) is 9.93. The summed E-state index contributed by atoms with van der Waals surface area (Å²) in [5.41, 5.74) is 3.39. The Morgan fingerprint density at radius 1 is 1.14 bits per heavy atom. The number of hydrogen-bond acceptors (Lipinski definition) is 4. The van der Waals surface area contributed by atoms with E-state index >= 15 is 0 Å². The molecule has 2 N–H and O–H groups in total. The molecule has 0 aliphatic heterocycles. The molecule has 0 fully saturated rings. The lowest BCUT2D eigenvalue weighted by Gasteiger charge is -2.14. The van der Waals surface area contributed by atoms with Crippen molar-refractivity contribution < 1.29 is 9.47 Å². The number of nitrogens with one attached hydrogen (secondary N) is 2. The predicted molar refractivity (Wildman–Crippen MR) is 113 cm³/mol. The summed E-state index contributed by atoms with van der Waals surface area (Å²) in [5, 5.41) is 10.9. The molecule has 1 aromatic carbocycles. The van der Waals surface area contributed by atoms with Crippen LogP contribution in [-0.4, -0.2) is 48.7 Å². The third-order valence-electron chi connectivity index (χ3n) is 4.06. The van der Waals surface area contributed by atoms with Gasteiger partial charge in [0.1, 0.15) is 12.4 Å². The average molecular weight is 388 g/mol. The van der Waals surface area contributed by atoms with Gasteiger partial charge in [-0.3, -0.25) is 4.68 Å². The number of guanidine groups is 1. The standard InChI is InChI=1S/C21H33N5O2/c1-5-22-21(23-9-10-26-16-18(4)14-25-26)24-15-19-8-7-17(3)13-20(19)28-12-11-27-6-2/h7-8,13-14,16H,5-6,9-12,15H2,1-4H3,(H2,22,23,24). The number of benzene rings is 1. The Labute approximate surface area is 168 Å². The number of rotatable bonds is 11. The zero-order valence-corrected chi connectivity index (χ0v) is 17.5. The van der Waals surface area contributed by atoms with Crippen LogP contribution in [-0.2, 0) is 17.8 Å². The van der Waals surface area contributed by atoms with Crippen LogP contribution in [0.15, 0.2) is 35.6 Å². The largest absolute Gasteiger partial charge is 0.491 e. The van der Waals surface area contributed by atoms with Crippen molar-refractivity contribution in [2.45, 2.75) is 40.8 Å². The van der Waals surface area contributed by atoms with Gasteiger partial charge in [-0.2, -0.15) is 5.10 Å². The summed E-state index contributed by atoms with van der Waals surface area (Å²) in [5.74, 6) is 1.65. The fourth-order valence-electron chi connectivity index (χ4n) is 2.67. The smallest absolute Gasteiger partial charge is 0.191 e. The van der Waals surface area contributed by atoms with Gasteiger partial charge >= 0.3 is 0 Å². The molecule has 0 amide bonds. The monoisotopic (exact) mass is 387 g/mol. The van der Waals surface area contributed by atoms with Crippen LogP contribution in [0.5, 0.6) is 5.75 Å². The van der Waals surface area contributed by atoms with E-state index in [2.05, 4.69) is 47.8 Å². The maximum atomic E-state index is 5.91. The number of aromatic nitrogens is 2. The van der Waals surface area contributed by atoms with E-state index in [0.29, 0.717) is 26.4 Å². The van der Waals surface area contributed by atoms with Gasteiger partial charge in [0.15, 0.2) is 5.96 Å². The predicted octanol–water partition coefficient (Wildman–Crippen LogP) is 2.67. The van der Waals surface area contributed by atoms with Gasteiger partial charge in [0.2, 0.25) is 0 Å². The van der Waals surface area contributed by atoms with Crippen molar-refractivity contribution in [3.8, 4) is 5.75 Å². The van der Waals surface area contributed by atoms with Crippen molar-refractivity contribution in [2.75, 3.05) is 32.9 Å². The molecular weight excluding hydrogens is 354 g/mol. The van der Waals surface area contributed by atoms with Gasteiger partial charge in [0.05, 0.1) is 25.9 Å². The first-order chi connectivity index (χ1) is 13.6. The van der Waals surface area contributed by atoms with E-state index in [1.165, 1.54) is 5.56 Å². The molecule has 0 aliphatic carbocycles. The second-order valence-corrected chi connectivity index (χ2v) is 6.56. The molecular formula is C21H33N5O2. The van der Waals surface area contributed by atoms with Crippen LogP contribution < -0.4 is 15.4 Å². The Balaban J connectivity index is 1.94. The molecule has 28 heavy (non-hydrogen) atoms. The highest BCUT2D eigenvalue weighted by molar-refractivity contribution is 5.79. The molecule has 0 atom stereocenters. The number of hydrogen-bond donors (Lipinski definition) is 2. The van der Waals surface area contributed by atoms with E-state index in [0.717, 1.165) is 42.5 Å². The summed E-state index contributed by atoms with van der Waals surface area (Å²) in [6.07, 6.45) is 3.90. The fraction of sp³-hybridized carbons (Fsp3) is 0.524. The number of nitrogens with zero attached hydrogens (tertiary/aromatic N) is 3. The average Bonchev–Trinajstić information content (AvgIpc) is 3.09. The van der Waals surface area contributed by atoms with E-state index < -0.39 is 0 Å². The van der Waals surface area contributed by atoms with Crippen molar-refractivity contribution in [3.05, 3.63) is 47.3 Å². The van der Waals surface area contributed by atoms with Gasteiger partial charge < -0.3 is 20.1 Å². The molecule has 0 bridgehead atoms. The summed E-state index contributed by atoms with van der Waals surface area (Å²) in [6, 6.07) is 6.21. The van der Waals surface area contributed by atoms with Crippen LogP contribution in [0.4, 0.5) is 0 Å². The Kier molecular flexibility index (Phi) is 9.34. The maximum Gasteiger partial charge on any atom is 0.191 e. The highest BCUT2D eigenvalue weighted by Gasteiger charge is 2.05. The Hall–Kier alpha value is -2.54. The molecule has 7 nitrogen and oxygen atoms in total. The Bertz CT molecular complexity index is 742. The third kappa shape index (κ3) is 7.60. The van der Waals surface area contributed by atoms with Crippen LogP contribution in [0.1, 0.15) is 30.5 Å². The first-order valence-corrected chi connectivity index (χ1v) is 9.93. The molecule has 0 unspecified atom stereocenters. The van der Waals surface area contributed by atoms with E-state index in [4.69, 9.17) is 14.5 Å². The summed E-state index contributed by atoms with van der Waals surface area (Å²) >= 11 is 0. The molecule has 2 aromatic rings. The van der Waals surface area contributed by atoms with Crippen molar-refractivity contribution in [2.24, 2.45) is 4.99 Å². The Morgan fingerprint density at radius 3 is 2.71 bits per heavy atom. The van der Waals surface area contributed by atoms with Crippen LogP contribution >= 0.6 is 0 Å². The van der Waals surface area contributed by atoms with E-state index in [1.54, 1.807) is 0 Å². The van der Waals surface area contributed by atoms with Gasteiger partial charge in [-0.25, -0.2) is 4.99 Å². The quantitative estimate of drug-likeness (QED) is 0.352. The zero-order valence-electron chi connectivity index (χ0n) is 17.5. The van der Waals surface area contributed by atoms with Crippen molar-refractivity contribution in [1.29, 1.82) is 0 Å². The van der Waals surface area contributed by atoms with Crippen molar-refractivity contribution >= 4 is 5.96 Å².